The molecule has 2 heterocycles. The number of nitro groups is 1. The molecule has 1 aliphatic heterocycles. The fourth-order valence-electron chi connectivity index (χ4n) is 1.95. The summed E-state index contributed by atoms with van der Waals surface area (Å²) in [7, 11) is 0. The summed E-state index contributed by atoms with van der Waals surface area (Å²) in [6.07, 6.45) is -7.54. The van der Waals surface area contributed by atoms with Gasteiger partial charge in [0.25, 0.3) is 12.9 Å². The zero-order chi connectivity index (χ0) is 18.1. The molecule has 1 atom stereocenters. The Morgan fingerprint density at radius 2 is 2.12 bits per heavy atom. The van der Waals surface area contributed by atoms with Crippen LogP contribution in [0.3, 0.4) is 0 Å². The van der Waals surface area contributed by atoms with Crippen LogP contribution in [0.25, 0.3) is 0 Å². The lowest BCUT2D eigenvalue weighted by molar-refractivity contribution is -0.394. The van der Waals surface area contributed by atoms with Crippen molar-refractivity contribution in [1.82, 2.24) is 19.8 Å². The monoisotopic (exact) mass is 354 g/mol. The van der Waals surface area contributed by atoms with Gasteiger partial charge in [0, 0.05) is 17.9 Å². The maximum absolute atomic E-state index is 13.0. The standard InChI is InChI=1S/C10H10F4N6O4/c11-7(12)5-3-10(22,8(13)14)19(16-5)6(21)1-2-18-4-15-9(17-18)20(23)24/h4,7-8,22H,1-3H2/t10-/m1/s1. The average molecular weight is 354 g/mol. The molecule has 2 rings (SSSR count). The van der Waals surface area contributed by atoms with Gasteiger partial charge in [0.05, 0.1) is 6.54 Å². The first kappa shape index (κ1) is 17.7. The number of aliphatic hydroxyl groups is 1. The highest BCUT2D eigenvalue weighted by atomic mass is 19.3. The first-order valence-corrected chi connectivity index (χ1v) is 6.38. The molecule has 0 aliphatic carbocycles. The van der Waals surface area contributed by atoms with Crippen molar-refractivity contribution in [2.75, 3.05) is 0 Å². The zero-order valence-electron chi connectivity index (χ0n) is 11.7. The predicted molar refractivity (Wildman–Crippen MR) is 67.1 cm³/mol. The summed E-state index contributed by atoms with van der Waals surface area (Å²) in [6, 6.07) is 0. The smallest absolute Gasteiger partial charge is 0.390 e. The third kappa shape index (κ3) is 3.32. The molecule has 0 spiro atoms. The van der Waals surface area contributed by atoms with Gasteiger partial charge in [-0.05, 0) is 4.92 Å². The lowest BCUT2D eigenvalue weighted by Gasteiger charge is -2.29. The van der Waals surface area contributed by atoms with Crippen LogP contribution in [0.5, 0.6) is 0 Å². The van der Waals surface area contributed by atoms with Crippen LogP contribution in [-0.4, -0.2) is 60.0 Å². The fourth-order valence-corrected chi connectivity index (χ4v) is 1.95. The second kappa shape index (κ2) is 6.46. The Morgan fingerprint density at radius 3 is 2.62 bits per heavy atom. The quantitative estimate of drug-likeness (QED) is 0.447. The summed E-state index contributed by atoms with van der Waals surface area (Å²) in [5.74, 6) is -1.91. The van der Waals surface area contributed by atoms with Crippen LogP contribution in [0.15, 0.2) is 11.4 Å². The number of amides is 1. The van der Waals surface area contributed by atoms with Crippen LogP contribution in [0.2, 0.25) is 0 Å². The topological polar surface area (TPSA) is 127 Å². The minimum atomic E-state index is -3.52. The summed E-state index contributed by atoms with van der Waals surface area (Å²) in [5, 5.41) is 26.6. The van der Waals surface area contributed by atoms with E-state index in [-0.39, 0.29) is 11.6 Å². The Morgan fingerprint density at radius 1 is 1.46 bits per heavy atom. The second-order valence-corrected chi connectivity index (χ2v) is 4.77. The molecule has 1 aliphatic rings. The lowest BCUT2D eigenvalue weighted by atomic mass is 10.1. The number of hydrogen-bond donors (Lipinski definition) is 1. The van der Waals surface area contributed by atoms with Crippen molar-refractivity contribution in [2.24, 2.45) is 5.10 Å². The fraction of sp³-hybridized carbons (Fsp3) is 0.600. The Bertz CT molecular complexity index is 680. The molecule has 1 aromatic heterocycles. The van der Waals surface area contributed by atoms with Crippen LogP contribution in [0.1, 0.15) is 12.8 Å². The number of aromatic nitrogens is 3. The Balaban J connectivity index is 2.09. The van der Waals surface area contributed by atoms with Crippen LogP contribution in [0, 0.1) is 10.1 Å². The SMILES string of the molecule is O=C(CCn1cnc([N+](=O)[O-])n1)N1N=C(C(F)F)C[C@@]1(O)C(F)F. The van der Waals surface area contributed by atoms with E-state index in [1.54, 1.807) is 0 Å². The molecule has 10 nitrogen and oxygen atoms in total. The minimum absolute atomic E-state index is 0.0789. The summed E-state index contributed by atoms with van der Waals surface area (Å²) in [4.78, 5) is 24.8. The van der Waals surface area contributed by atoms with Gasteiger partial charge in [0.15, 0.2) is 0 Å². The first-order chi connectivity index (χ1) is 11.1. The van der Waals surface area contributed by atoms with Gasteiger partial charge in [-0.15, -0.1) is 0 Å². The summed E-state index contributed by atoms with van der Waals surface area (Å²) >= 11 is 0. The van der Waals surface area contributed by atoms with E-state index in [1.807, 2.05) is 0 Å². The molecule has 0 unspecified atom stereocenters. The molecular weight excluding hydrogens is 344 g/mol. The number of halogens is 4. The molecule has 0 bridgehead atoms. The lowest BCUT2D eigenvalue weighted by Crippen LogP contribution is -2.51. The number of alkyl halides is 4. The first-order valence-electron chi connectivity index (χ1n) is 6.38. The third-order valence-corrected chi connectivity index (χ3v) is 3.12. The molecule has 0 fully saturated rings. The maximum Gasteiger partial charge on any atom is 0.490 e. The highest BCUT2D eigenvalue weighted by Crippen LogP contribution is 2.33. The predicted octanol–water partition coefficient (Wildman–Crippen LogP) is 0.384. The summed E-state index contributed by atoms with van der Waals surface area (Å²) < 4.78 is 52.0. The Labute approximate surface area is 130 Å². The summed E-state index contributed by atoms with van der Waals surface area (Å²) in [6.45, 7) is -0.310. The van der Waals surface area contributed by atoms with Gasteiger partial charge in [-0.3, -0.25) is 4.79 Å². The maximum atomic E-state index is 13.0. The highest BCUT2D eigenvalue weighted by molar-refractivity contribution is 5.92. The number of hydrogen-bond acceptors (Lipinski definition) is 7. The molecule has 0 aromatic carbocycles. The Kier molecular flexibility index (Phi) is 4.77. The normalized spacial score (nSPS) is 20.8. The molecule has 1 amide bonds. The largest absolute Gasteiger partial charge is 0.490 e. The Hall–Kier alpha value is -2.64. The van der Waals surface area contributed by atoms with Crippen molar-refractivity contribution in [2.45, 2.75) is 38.0 Å². The molecular formula is C10H10F4N6O4. The highest BCUT2D eigenvalue weighted by Gasteiger charge is 2.53. The van der Waals surface area contributed by atoms with E-state index in [2.05, 4.69) is 15.2 Å². The number of nitrogens with zero attached hydrogens (tertiary/aromatic N) is 6. The van der Waals surface area contributed by atoms with E-state index in [4.69, 9.17) is 0 Å². The molecule has 1 N–H and O–H groups in total. The second-order valence-electron chi connectivity index (χ2n) is 4.77. The number of carbonyl (C=O) groups is 1. The van der Waals surface area contributed by atoms with Crippen LogP contribution >= 0.6 is 0 Å². The molecule has 0 radical (unpaired) electrons. The average Bonchev–Trinajstić information content (AvgIpc) is 3.10. The van der Waals surface area contributed by atoms with Crippen LogP contribution < -0.4 is 0 Å². The van der Waals surface area contributed by atoms with Gasteiger partial charge in [-0.25, -0.2) is 17.6 Å². The van der Waals surface area contributed by atoms with Gasteiger partial charge in [-0.2, -0.15) is 14.8 Å². The van der Waals surface area contributed by atoms with Crippen molar-refractivity contribution in [1.29, 1.82) is 0 Å². The van der Waals surface area contributed by atoms with E-state index in [0.717, 1.165) is 11.0 Å². The van der Waals surface area contributed by atoms with E-state index >= 15 is 0 Å². The zero-order valence-corrected chi connectivity index (χ0v) is 11.7. The van der Waals surface area contributed by atoms with Gasteiger partial charge in [-0.1, -0.05) is 4.98 Å². The number of carbonyl (C=O) groups excluding carboxylic acids is 1. The van der Waals surface area contributed by atoms with Gasteiger partial charge < -0.3 is 15.2 Å². The van der Waals surface area contributed by atoms with Crippen molar-refractivity contribution >= 4 is 17.6 Å². The van der Waals surface area contributed by atoms with Crippen molar-refractivity contribution in [3.05, 3.63) is 16.4 Å². The molecule has 0 saturated heterocycles. The minimum Gasteiger partial charge on any atom is -0.390 e. The van der Waals surface area contributed by atoms with E-state index < -0.39 is 53.9 Å². The van der Waals surface area contributed by atoms with Crippen molar-refractivity contribution in [3.63, 3.8) is 0 Å². The van der Waals surface area contributed by atoms with Crippen LogP contribution in [0.4, 0.5) is 23.5 Å². The number of rotatable bonds is 6. The van der Waals surface area contributed by atoms with E-state index in [1.165, 1.54) is 0 Å². The molecule has 132 valence electrons. The number of hydrazone groups is 1. The van der Waals surface area contributed by atoms with Gasteiger partial charge >= 0.3 is 5.95 Å². The molecule has 0 saturated carbocycles. The van der Waals surface area contributed by atoms with E-state index in [0.29, 0.717) is 0 Å². The molecule has 14 heteroatoms. The van der Waals surface area contributed by atoms with Crippen molar-refractivity contribution < 1.29 is 32.4 Å². The van der Waals surface area contributed by atoms with E-state index in [9.17, 15) is 37.6 Å². The summed E-state index contributed by atoms with van der Waals surface area (Å²) in [5.41, 5.74) is -4.19. The van der Waals surface area contributed by atoms with Crippen molar-refractivity contribution in [3.8, 4) is 0 Å². The third-order valence-electron chi connectivity index (χ3n) is 3.12. The molecule has 24 heavy (non-hydrogen) atoms. The van der Waals surface area contributed by atoms with Crippen LogP contribution in [-0.2, 0) is 11.3 Å². The van der Waals surface area contributed by atoms with Gasteiger partial charge in [0.1, 0.15) is 5.71 Å². The number of aryl methyl sites for hydroxylation is 1. The molecule has 1 aromatic rings. The van der Waals surface area contributed by atoms with Gasteiger partial charge in [0.2, 0.25) is 18.0 Å².